The van der Waals surface area contributed by atoms with E-state index in [1.165, 1.54) is 0 Å². The lowest BCUT2D eigenvalue weighted by molar-refractivity contribution is -0.138. The molecule has 4 aliphatic carbocycles. The molecular weight excluding hydrogens is 355 g/mol. The monoisotopic (exact) mass is 382 g/mol. The van der Waals surface area contributed by atoms with Crippen LogP contribution in [0.2, 0.25) is 0 Å². The van der Waals surface area contributed by atoms with Crippen LogP contribution in [0, 0.1) is 39.9 Å². The van der Waals surface area contributed by atoms with Crippen molar-refractivity contribution in [1.29, 1.82) is 0 Å². The molecule has 5 heteroatoms. The summed E-state index contributed by atoms with van der Waals surface area (Å²) in [6.45, 7) is 4.19. The highest BCUT2D eigenvalue weighted by Gasteiger charge is 2.65. The number of fused-ring (bicyclic) bond motifs is 5. The highest BCUT2D eigenvalue weighted by molar-refractivity contribution is 6.30. The summed E-state index contributed by atoms with van der Waals surface area (Å²) in [5.41, 5.74) is -1.20. The molecule has 0 aliphatic heterocycles. The number of hydrogen-bond donors (Lipinski definition) is 3. The van der Waals surface area contributed by atoms with E-state index in [1.54, 1.807) is 0 Å². The van der Waals surface area contributed by atoms with Crippen LogP contribution in [0.4, 0.5) is 4.39 Å². The van der Waals surface area contributed by atoms with E-state index >= 15 is 0 Å². The standard InChI is InChI=1S/C21H28ClFO3/c1-19-6-5-15(24)18(23)14(19)11-16(25)17-12(19)3-7-20(2)13(17)4-8-21(20,26)9-10-22/h12-13,15-17,24-26H,3-8,11H2,1-2H3/t12-,13-,15+,16-,17+,19+,20-,21+/m0/s1. The van der Waals surface area contributed by atoms with Gasteiger partial charge in [0, 0.05) is 10.8 Å². The molecule has 144 valence electrons. The summed E-state index contributed by atoms with van der Waals surface area (Å²) in [5, 5.41) is 34.5. The van der Waals surface area contributed by atoms with Gasteiger partial charge < -0.3 is 15.3 Å². The minimum absolute atomic E-state index is 0.0247. The Morgan fingerprint density at radius 1 is 1.08 bits per heavy atom. The highest BCUT2D eigenvalue weighted by atomic mass is 35.5. The summed E-state index contributed by atoms with van der Waals surface area (Å²) in [7, 11) is 0. The average Bonchev–Trinajstić information content (AvgIpc) is 2.85. The van der Waals surface area contributed by atoms with Gasteiger partial charge in [-0.05, 0) is 85.3 Å². The fourth-order valence-electron chi connectivity index (χ4n) is 7.05. The smallest absolute Gasteiger partial charge is 0.132 e. The van der Waals surface area contributed by atoms with Crippen molar-refractivity contribution in [2.45, 2.75) is 76.6 Å². The summed E-state index contributed by atoms with van der Waals surface area (Å²) in [4.78, 5) is 0. The molecule has 4 aliphatic rings. The third kappa shape index (κ3) is 2.24. The molecule has 0 saturated heterocycles. The largest absolute Gasteiger partial charge is 0.392 e. The first-order valence-electron chi connectivity index (χ1n) is 9.78. The summed E-state index contributed by atoms with van der Waals surface area (Å²) < 4.78 is 14.7. The SMILES string of the molecule is C[C@]12CC[C@@H](O)C(F)=C1C[C@H](O)[C@@H]1[C@@H]2CC[C@@]2(C)[C@H]1CC[C@@]2(O)C#CCl. The van der Waals surface area contributed by atoms with Gasteiger partial charge in [-0.3, -0.25) is 0 Å². The van der Waals surface area contributed by atoms with Crippen molar-refractivity contribution in [3.8, 4) is 11.3 Å². The van der Waals surface area contributed by atoms with Gasteiger partial charge in [-0.15, -0.1) is 0 Å². The van der Waals surface area contributed by atoms with Crippen molar-refractivity contribution in [1.82, 2.24) is 0 Å². The van der Waals surface area contributed by atoms with Crippen molar-refractivity contribution in [2.24, 2.45) is 28.6 Å². The van der Waals surface area contributed by atoms with E-state index in [4.69, 9.17) is 11.6 Å². The van der Waals surface area contributed by atoms with Crippen LogP contribution in [0.1, 0.15) is 58.8 Å². The lowest BCUT2D eigenvalue weighted by Crippen LogP contribution is -2.58. The second kappa shape index (κ2) is 5.95. The molecule has 4 rings (SSSR count). The second-order valence-corrected chi connectivity index (χ2v) is 9.62. The molecule has 0 spiro atoms. The zero-order valence-corrected chi connectivity index (χ0v) is 16.2. The molecule has 0 heterocycles. The molecule has 0 aromatic carbocycles. The van der Waals surface area contributed by atoms with Crippen LogP contribution < -0.4 is 0 Å². The number of aliphatic hydroxyl groups is 3. The predicted molar refractivity (Wildman–Crippen MR) is 97.7 cm³/mol. The van der Waals surface area contributed by atoms with E-state index in [9.17, 15) is 19.7 Å². The molecule has 3 N–H and O–H groups in total. The van der Waals surface area contributed by atoms with Crippen molar-refractivity contribution in [2.75, 3.05) is 0 Å². The maximum atomic E-state index is 14.7. The van der Waals surface area contributed by atoms with Gasteiger partial charge in [0.25, 0.3) is 0 Å². The predicted octanol–water partition coefficient (Wildman–Crippen LogP) is 3.51. The van der Waals surface area contributed by atoms with E-state index < -0.39 is 29.1 Å². The summed E-state index contributed by atoms with van der Waals surface area (Å²) >= 11 is 5.63. The lowest BCUT2D eigenvalue weighted by Gasteiger charge is -2.60. The fourth-order valence-corrected chi connectivity index (χ4v) is 7.21. The van der Waals surface area contributed by atoms with Gasteiger partial charge >= 0.3 is 0 Å². The molecule has 0 amide bonds. The number of aliphatic hydroxyl groups excluding tert-OH is 2. The molecular formula is C21H28ClFO3. The van der Waals surface area contributed by atoms with Gasteiger partial charge in [0.2, 0.25) is 0 Å². The Kier molecular flexibility index (Phi) is 4.29. The molecule has 3 fully saturated rings. The fraction of sp³-hybridized carbons (Fsp3) is 0.810. The molecule has 0 radical (unpaired) electrons. The zero-order valence-electron chi connectivity index (χ0n) is 15.4. The maximum absolute atomic E-state index is 14.7. The quantitative estimate of drug-likeness (QED) is 0.562. The van der Waals surface area contributed by atoms with Gasteiger partial charge in [-0.25, -0.2) is 4.39 Å². The highest BCUT2D eigenvalue weighted by Crippen LogP contribution is 2.68. The minimum atomic E-state index is -1.12. The Morgan fingerprint density at radius 3 is 2.46 bits per heavy atom. The number of hydrogen-bond acceptors (Lipinski definition) is 3. The van der Waals surface area contributed by atoms with E-state index in [2.05, 4.69) is 25.1 Å². The molecule has 3 saturated carbocycles. The third-order valence-electron chi connectivity index (χ3n) is 8.62. The van der Waals surface area contributed by atoms with Gasteiger partial charge in [0.05, 0.1) is 6.10 Å². The second-order valence-electron chi connectivity index (χ2n) is 9.43. The number of halogens is 2. The minimum Gasteiger partial charge on any atom is -0.392 e. The van der Waals surface area contributed by atoms with Crippen molar-refractivity contribution < 1.29 is 19.7 Å². The lowest BCUT2D eigenvalue weighted by atomic mass is 9.45. The van der Waals surface area contributed by atoms with E-state index in [0.717, 1.165) is 25.7 Å². The Balaban J connectivity index is 1.75. The topological polar surface area (TPSA) is 60.7 Å². The molecule has 26 heavy (non-hydrogen) atoms. The van der Waals surface area contributed by atoms with Gasteiger partial charge in [0.15, 0.2) is 0 Å². The molecule has 8 atom stereocenters. The van der Waals surface area contributed by atoms with Crippen molar-refractivity contribution in [3.63, 3.8) is 0 Å². The first-order chi connectivity index (χ1) is 12.2. The Morgan fingerprint density at radius 2 is 1.77 bits per heavy atom. The molecule has 0 aromatic heterocycles. The van der Waals surface area contributed by atoms with E-state index in [0.29, 0.717) is 18.4 Å². The van der Waals surface area contributed by atoms with Crippen LogP contribution in [0.25, 0.3) is 0 Å². The summed E-state index contributed by atoms with van der Waals surface area (Å²) in [6, 6.07) is 0. The van der Waals surface area contributed by atoms with E-state index in [-0.39, 0.29) is 29.6 Å². The molecule has 0 aromatic rings. The number of rotatable bonds is 0. The van der Waals surface area contributed by atoms with Crippen LogP contribution in [0.5, 0.6) is 0 Å². The van der Waals surface area contributed by atoms with Crippen LogP contribution >= 0.6 is 11.6 Å². The van der Waals surface area contributed by atoms with Gasteiger partial charge in [0.1, 0.15) is 17.5 Å². The molecule has 0 unspecified atom stereocenters. The summed E-state index contributed by atoms with van der Waals surface area (Å²) in [6.07, 6.45) is 2.79. The Labute approximate surface area is 159 Å². The van der Waals surface area contributed by atoms with Crippen molar-refractivity contribution in [3.05, 3.63) is 11.4 Å². The van der Waals surface area contributed by atoms with Gasteiger partial charge in [-0.2, -0.15) is 0 Å². The van der Waals surface area contributed by atoms with Crippen LogP contribution in [0.15, 0.2) is 11.4 Å². The van der Waals surface area contributed by atoms with Crippen LogP contribution in [-0.4, -0.2) is 33.1 Å². The summed E-state index contributed by atoms with van der Waals surface area (Å²) in [5.74, 6) is 2.76. The van der Waals surface area contributed by atoms with Gasteiger partial charge in [-0.1, -0.05) is 19.8 Å². The van der Waals surface area contributed by atoms with Crippen molar-refractivity contribution >= 4 is 11.6 Å². The third-order valence-corrected chi connectivity index (χ3v) is 8.72. The Bertz CT molecular complexity index is 712. The van der Waals surface area contributed by atoms with E-state index in [1.807, 2.05) is 0 Å². The molecule has 3 nitrogen and oxygen atoms in total. The average molecular weight is 383 g/mol. The first-order valence-corrected chi connectivity index (χ1v) is 10.2. The maximum Gasteiger partial charge on any atom is 0.132 e. The first kappa shape index (κ1) is 18.7. The Hall–Kier alpha value is -0.600. The molecule has 0 bridgehead atoms. The van der Waals surface area contributed by atoms with Crippen LogP contribution in [0.3, 0.4) is 0 Å². The van der Waals surface area contributed by atoms with Crippen LogP contribution in [-0.2, 0) is 0 Å². The zero-order chi connectivity index (χ0) is 18.9. The normalized spacial score (nSPS) is 53.3.